The van der Waals surface area contributed by atoms with Gasteiger partial charge in [0.25, 0.3) is 0 Å². The van der Waals surface area contributed by atoms with E-state index in [9.17, 15) is 14.4 Å². The van der Waals surface area contributed by atoms with Crippen LogP contribution in [0.15, 0.2) is 54.9 Å². The average Bonchev–Trinajstić information content (AvgIpc) is 3.39. The van der Waals surface area contributed by atoms with Gasteiger partial charge in [-0.1, -0.05) is 30.3 Å². The van der Waals surface area contributed by atoms with Crippen molar-refractivity contribution in [3.8, 4) is 0 Å². The van der Waals surface area contributed by atoms with E-state index in [0.717, 1.165) is 42.6 Å². The van der Waals surface area contributed by atoms with Crippen molar-refractivity contribution in [2.75, 3.05) is 7.05 Å². The molecule has 3 heterocycles. The topological polar surface area (TPSA) is 99.3 Å². The van der Waals surface area contributed by atoms with Crippen molar-refractivity contribution in [2.45, 2.75) is 57.0 Å². The third-order valence-corrected chi connectivity index (χ3v) is 7.23. The number of fused-ring (bicyclic) bond motifs is 1. The van der Waals surface area contributed by atoms with Crippen molar-refractivity contribution >= 4 is 17.7 Å². The molecular formula is C27H29N5O3. The molecule has 1 atom stereocenters. The maximum Gasteiger partial charge on any atom is 0.241 e. The number of nitrogens with zero attached hydrogens (tertiary/aromatic N) is 4. The molecule has 1 saturated heterocycles. The van der Waals surface area contributed by atoms with Gasteiger partial charge in [0.2, 0.25) is 17.7 Å². The molecule has 1 aromatic carbocycles. The minimum Gasteiger partial charge on any atom is -0.340 e. The second kappa shape index (κ2) is 9.44. The summed E-state index contributed by atoms with van der Waals surface area (Å²) in [5.41, 5.74) is 3.55. The van der Waals surface area contributed by atoms with Crippen LogP contribution >= 0.6 is 0 Å². The van der Waals surface area contributed by atoms with Crippen LogP contribution in [-0.2, 0) is 45.7 Å². The zero-order valence-electron chi connectivity index (χ0n) is 19.9. The highest BCUT2D eigenvalue weighted by Crippen LogP contribution is 2.41. The SMILES string of the molecule is CN(Cc1n[nH]c2c1CCCC2)C(=O)C[C@@]1(c2ccccc2)CC(=O)N(Cc2ccncc2)C1=O. The Kier molecular flexibility index (Phi) is 6.19. The number of pyridine rings is 1. The predicted octanol–water partition coefficient (Wildman–Crippen LogP) is 2.93. The molecule has 1 N–H and O–H groups in total. The van der Waals surface area contributed by atoms with Crippen LogP contribution in [0.1, 0.15) is 53.8 Å². The Bertz CT molecular complexity index is 1240. The fraction of sp³-hybridized carbons (Fsp3) is 0.370. The smallest absolute Gasteiger partial charge is 0.241 e. The third kappa shape index (κ3) is 4.36. The summed E-state index contributed by atoms with van der Waals surface area (Å²) in [5, 5.41) is 7.58. The Morgan fingerprint density at radius 3 is 2.60 bits per heavy atom. The number of H-pyrrole nitrogens is 1. The molecule has 3 aromatic rings. The number of rotatable bonds is 7. The highest BCUT2D eigenvalue weighted by atomic mass is 16.2. The van der Waals surface area contributed by atoms with Gasteiger partial charge < -0.3 is 4.90 Å². The molecular weight excluding hydrogens is 442 g/mol. The Morgan fingerprint density at radius 1 is 1.09 bits per heavy atom. The summed E-state index contributed by atoms with van der Waals surface area (Å²) in [6.45, 7) is 0.538. The molecule has 1 fully saturated rings. The number of aromatic nitrogens is 3. The summed E-state index contributed by atoms with van der Waals surface area (Å²) in [5.74, 6) is -0.787. The van der Waals surface area contributed by atoms with Gasteiger partial charge in [-0.2, -0.15) is 5.10 Å². The van der Waals surface area contributed by atoms with E-state index < -0.39 is 5.41 Å². The number of amides is 3. The molecule has 0 saturated carbocycles. The summed E-state index contributed by atoms with van der Waals surface area (Å²) < 4.78 is 0. The summed E-state index contributed by atoms with van der Waals surface area (Å²) >= 11 is 0. The average molecular weight is 472 g/mol. The van der Waals surface area contributed by atoms with E-state index in [1.165, 1.54) is 10.5 Å². The Balaban J connectivity index is 1.40. The van der Waals surface area contributed by atoms with Gasteiger partial charge in [-0.05, 0) is 54.5 Å². The van der Waals surface area contributed by atoms with Gasteiger partial charge in [-0.25, -0.2) is 0 Å². The molecule has 8 nitrogen and oxygen atoms in total. The molecule has 0 radical (unpaired) electrons. The fourth-order valence-electron chi connectivity index (χ4n) is 5.24. The van der Waals surface area contributed by atoms with Crippen molar-refractivity contribution in [1.29, 1.82) is 0 Å². The third-order valence-electron chi connectivity index (χ3n) is 7.23. The lowest BCUT2D eigenvalue weighted by molar-refractivity contribution is -0.143. The molecule has 2 aromatic heterocycles. The van der Waals surface area contributed by atoms with Crippen LogP contribution in [-0.4, -0.2) is 49.8 Å². The monoisotopic (exact) mass is 471 g/mol. The van der Waals surface area contributed by atoms with Crippen LogP contribution < -0.4 is 0 Å². The van der Waals surface area contributed by atoms with Crippen molar-refractivity contribution in [3.05, 3.63) is 82.9 Å². The Labute approximate surface area is 204 Å². The van der Waals surface area contributed by atoms with Gasteiger partial charge in [0.05, 0.1) is 24.2 Å². The van der Waals surface area contributed by atoms with Gasteiger partial charge >= 0.3 is 0 Å². The van der Waals surface area contributed by atoms with Crippen molar-refractivity contribution in [3.63, 3.8) is 0 Å². The second-order valence-electron chi connectivity index (χ2n) is 9.53. The first-order valence-electron chi connectivity index (χ1n) is 12.1. The molecule has 0 bridgehead atoms. The van der Waals surface area contributed by atoms with Crippen LogP contribution in [0.3, 0.4) is 0 Å². The first-order chi connectivity index (χ1) is 17.0. The molecule has 3 amide bonds. The molecule has 2 aliphatic rings. The van der Waals surface area contributed by atoms with Gasteiger partial charge in [-0.15, -0.1) is 0 Å². The molecule has 5 rings (SSSR count). The van der Waals surface area contributed by atoms with E-state index in [-0.39, 0.29) is 37.1 Å². The van der Waals surface area contributed by atoms with Crippen LogP contribution in [0.2, 0.25) is 0 Å². The van der Waals surface area contributed by atoms with Crippen LogP contribution in [0.25, 0.3) is 0 Å². The molecule has 0 spiro atoms. The highest BCUT2D eigenvalue weighted by Gasteiger charge is 2.53. The van der Waals surface area contributed by atoms with E-state index in [0.29, 0.717) is 12.1 Å². The van der Waals surface area contributed by atoms with Crippen molar-refractivity contribution in [2.24, 2.45) is 0 Å². The van der Waals surface area contributed by atoms with Crippen LogP contribution in [0.4, 0.5) is 0 Å². The number of hydrogen-bond acceptors (Lipinski definition) is 5. The number of nitrogens with one attached hydrogen (secondary N) is 1. The summed E-state index contributed by atoms with van der Waals surface area (Å²) in [6, 6.07) is 12.8. The van der Waals surface area contributed by atoms with E-state index >= 15 is 0 Å². The fourth-order valence-corrected chi connectivity index (χ4v) is 5.24. The summed E-state index contributed by atoms with van der Waals surface area (Å²) in [6.07, 6.45) is 7.40. The molecule has 35 heavy (non-hydrogen) atoms. The number of aromatic amines is 1. The first-order valence-corrected chi connectivity index (χ1v) is 12.1. The number of likely N-dealkylation sites (tertiary alicyclic amines) is 1. The lowest BCUT2D eigenvalue weighted by atomic mass is 9.75. The lowest BCUT2D eigenvalue weighted by Gasteiger charge is -2.29. The number of hydrogen-bond donors (Lipinski definition) is 1. The van der Waals surface area contributed by atoms with Crippen LogP contribution in [0, 0.1) is 0 Å². The number of imide groups is 1. The Morgan fingerprint density at radius 2 is 1.83 bits per heavy atom. The van der Waals surface area contributed by atoms with Gasteiger partial charge in [-0.3, -0.25) is 29.4 Å². The zero-order chi connectivity index (χ0) is 24.4. The molecule has 8 heteroatoms. The number of aryl methyl sites for hydroxylation is 1. The molecule has 1 aliphatic heterocycles. The van der Waals surface area contributed by atoms with Crippen LogP contribution in [0.5, 0.6) is 0 Å². The maximum atomic E-state index is 13.8. The highest BCUT2D eigenvalue weighted by molar-refractivity contribution is 6.10. The van der Waals surface area contributed by atoms with E-state index in [4.69, 9.17) is 0 Å². The summed E-state index contributed by atoms with van der Waals surface area (Å²) in [4.78, 5) is 47.3. The zero-order valence-corrected chi connectivity index (χ0v) is 19.9. The molecule has 180 valence electrons. The first kappa shape index (κ1) is 23.0. The maximum absolute atomic E-state index is 13.8. The molecule has 1 aliphatic carbocycles. The Hall–Kier alpha value is -3.81. The minimum atomic E-state index is -1.22. The normalized spacial score (nSPS) is 19.6. The van der Waals surface area contributed by atoms with Crippen molar-refractivity contribution in [1.82, 2.24) is 25.0 Å². The summed E-state index contributed by atoms with van der Waals surface area (Å²) in [7, 11) is 1.74. The van der Waals surface area contributed by atoms with E-state index in [1.807, 2.05) is 30.3 Å². The quantitative estimate of drug-likeness (QED) is 0.534. The van der Waals surface area contributed by atoms with E-state index in [1.54, 1.807) is 36.5 Å². The minimum absolute atomic E-state index is 0.0295. The molecule has 0 unspecified atom stereocenters. The lowest BCUT2D eigenvalue weighted by Crippen LogP contribution is -2.42. The van der Waals surface area contributed by atoms with Crippen molar-refractivity contribution < 1.29 is 14.4 Å². The van der Waals surface area contributed by atoms with Gasteiger partial charge in [0.15, 0.2) is 0 Å². The number of benzene rings is 1. The number of carbonyl (C=O) groups excluding carboxylic acids is 3. The van der Waals surface area contributed by atoms with Gasteiger partial charge in [0.1, 0.15) is 0 Å². The second-order valence-corrected chi connectivity index (χ2v) is 9.53. The van der Waals surface area contributed by atoms with Gasteiger partial charge in [0, 0.05) is 38.0 Å². The number of carbonyl (C=O) groups is 3. The van der Waals surface area contributed by atoms with E-state index in [2.05, 4.69) is 15.2 Å². The standard InChI is InChI=1S/C27H29N5O3/c1-31(18-23-21-9-5-6-10-22(21)29-30-23)24(33)15-27(20-7-3-2-4-8-20)16-25(34)32(26(27)35)17-19-11-13-28-14-12-19/h2-4,7-8,11-14H,5-6,9-10,15-18H2,1H3,(H,29,30)/t27-/m0/s1. The predicted molar refractivity (Wildman–Crippen MR) is 129 cm³/mol. The largest absolute Gasteiger partial charge is 0.340 e.